The molecule has 1 atom stereocenters. The molecule has 1 heterocycles. The van der Waals surface area contributed by atoms with Gasteiger partial charge in [-0.05, 0) is 98.1 Å². The molecule has 3 rings (SSSR count). The van der Waals surface area contributed by atoms with Gasteiger partial charge in [0.2, 0.25) is 0 Å². The second kappa shape index (κ2) is 10.3. The monoisotopic (exact) mass is 422 g/mol. The zero-order valence-corrected chi connectivity index (χ0v) is 20.0. The van der Waals surface area contributed by atoms with Crippen LogP contribution in [-0.4, -0.2) is 31.0 Å². The quantitative estimate of drug-likeness (QED) is 0.608. The molecule has 168 valence electrons. The summed E-state index contributed by atoms with van der Waals surface area (Å²) in [6.07, 6.45) is 2.56. The molecule has 0 aromatic heterocycles. The summed E-state index contributed by atoms with van der Waals surface area (Å²) in [6.45, 7) is 14.1. The zero-order valence-electron chi connectivity index (χ0n) is 20.0. The van der Waals surface area contributed by atoms with Crippen LogP contribution >= 0.6 is 0 Å². The number of hydrogen-bond acceptors (Lipinski definition) is 3. The van der Waals surface area contributed by atoms with Crippen LogP contribution in [0.25, 0.3) is 0 Å². The SMILES string of the molecule is COc1cc(C)c([C@H](C)NC(=O)c2ccc(CN3CCC(C)CC3)cc2)cc1C(C)C. The van der Waals surface area contributed by atoms with Crippen LogP contribution in [0.1, 0.15) is 85.1 Å². The first-order valence-electron chi connectivity index (χ1n) is 11.6. The number of hydrogen-bond donors (Lipinski definition) is 1. The molecular weight excluding hydrogens is 384 g/mol. The number of nitrogens with one attached hydrogen (secondary N) is 1. The van der Waals surface area contributed by atoms with Crippen LogP contribution in [0.4, 0.5) is 0 Å². The second-order valence-electron chi connectivity index (χ2n) is 9.46. The predicted molar refractivity (Wildman–Crippen MR) is 128 cm³/mol. The average Bonchev–Trinajstić information content (AvgIpc) is 2.75. The molecule has 1 saturated heterocycles. The van der Waals surface area contributed by atoms with Crippen LogP contribution in [0, 0.1) is 12.8 Å². The number of ether oxygens (including phenoxy) is 1. The minimum Gasteiger partial charge on any atom is -0.496 e. The average molecular weight is 423 g/mol. The van der Waals surface area contributed by atoms with Gasteiger partial charge in [-0.1, -0.05) is 32.9 Å². The molecule has 1 amide bonds. The van der Waals surface area contributed by atoms with Crippen LogP contribution < -0.4 is 10.1 Å². The van der Waals surface area contributed by atoms with E-state index < -0.39 is 0 Å². The lowest BCUT2D eigenvalue weighted by molar-refractivity contribution is 0.0939. The predicted octanol–water partition coefficient (Wildman–Crippen LogP) is 5.85. The first-order chi connectivity index (χ1) is 14.8. The van der Waals surface area contributed by atoms with Crippen LogP contribution in [0.2, 0.25) is 0 Å². The number of amides is 1. The van der Waals surface area contributed by atoms with Crippen LogP contribution in [-0.2, 0) is 6.54 Å². The molecule has 1 aliphatic heterocycles. The normalized spacial score (nSPS) is 16.4. The van der Waals surface area contributed by atoms with E-state index in [4.69, 9.17) is 4.74 Å². The molecule has 1 fully saturated rings. The number of methoxy groups -OCH3 is 1. The Balaban J connectivity index is 1.65. The number of carbonyl (C=O) groups excluding carboxylic acids is 1. The van der Waals surface area contributed by atoms with Crippen molar-refractivity contribution >= 4 is 5.91 Å². The summed E-state index contributed by atoms with van der Waals surface area (Å²) >= 11 is 0. The maximum absolute atomic E-state index is 12.9. The Morgan fingerprint density at radius 1 is 1.10 bits per heavy atom. The van der Waals surface area contributed by atoms with Gasteiger partial charge < -0.3 is 10.1 Å². The Morgan fingerprint density at radius 2 is 1.74 bits per heavy atom. The third-order valence-electron chi connectivity index (χ3n) is 6.55. The van der Waals surface area contributed by atoms with Crippen molar-refractivity contribution in [3.63, 3.8) is 0 Å². The van der Waals surface area contributed by atoms with E-state index in [2.05, 4.69) is 62.2 Å². The molecule has 0 saturated carbocycles. The molecule has 0 bridgehead atoms. The van der Waals surface area contributed by atoms with Crippen LogP contribution in [0.15, 0.2) is 36.4 Å². The molecule has 4 heteroatoms. The third kappa shape index (κ3) is 5.88. The number of rotatable bonds is 7. The molecule has 4 nitrogen and oxygen atoms in total. The standard InChI is InChI=1S/C27H38N2O2/c1-18(2)24-16-25(20(4)15-26(24)31-6)21(5)28-27(30)23-9-7-22(8-10-23)17-29-13-11-19(3)12-14-29/h7-10,15-16,18-19,21H,11-14,17H2,1-6H3,(H,28,30)/t21-/m0/s1. The lowest BCUT2D eigenvalue weighted by atomic mass is 9.93. The van der Waals surface area contributed by atoms with E-state index in [0.29, 0.717) is 11.5 Å². The fourth-order valence-electron chi connectivity index (χ4n) is 4.41. The van der Waals surface area contributed by atoms with E-state index in [1.165, 1.54) is 37.1 Å². The Morgan fingerprint density at radius 3 is 2.32 bits per heavy atom. The summed E-state index contributed by atoms with van der Waals surface area (Å²) < 4.78 is 5.55. The van der Waals surface area contributed by atoms with E-state index in [-0.39, 0.29) is 11.9 Å². The van der Waals surface area contributed by atoms with E-state index in [9.17, 15) is 4.79 Å². The smallest absolute Gasteiger partial charge is 0.251 e. The Hall–Kier alpha value is -2.33. The van der Waals surface area contributed by atoms with E-state index in [1.807, 2.05) is 19.1 Å². The molecule has 1 N–H and O–H groups in total. The van der Waals surface area contributed by atoms with E-state index >= 15 is 0 Å². The van der Waals surface area contributed by atoms with Gasteiger partial charge in [0.1, 0.15) is 5.75 Å². The highest BCUT2D eigenvalue weighted by Gasteiger charge is 2.18. The number of likely N-dealkylation sites (tertiary alicyclic amines) is 1. The van der Waals surface area contributed by atoms with Gasteiger partial charge in [0.25, 0.3) is 5.91 Å². The molecular formula is C27H38N2O2. The van der Waals surface area contributed by atoms with Crippen LogP contribution in [0.3, 0.4) is 0 Å². The maximum Gasteiger partial charge on any atom is 0.251 e. The van der Waals surface area contributed by atoms with Crippen molar-refractivity contribution in [2.45, 2.75) is 66.0 Å². The highest BCUT2D eigenvalue weighted by atomic mass is 16.5. The maximum atomic E-state index is 12.9. The van der Waals surface area contributed by atoms with E-state index in [0.717, 1.165) is 29.3 Å². The molecule has 2 aromatic carbocycles. The molecule has 0 radical (unpaired) electrons. The van der Waals surface area contributed by atoms with Crippen molar-refractivity contribution in [2.75, 3.05) is 20.2 Å². The summed E-state index contributed by atoms with van der Waals surface area (Å²) in [6, 6.07) is 12.2. The molecule has 31 heavy (non-hydrogen) atoms. The molecule has 1 aliphatic rings. The fraction of sp³-hybridized carbons (Fsp3) is 0.519. The number of benzene rings is 2. The topological polar surface area (TPSA) is 41.6 Å². The van der Waals surface area contributed by atoms with Crippen molar-refractivity contribution < 1.29 is 9.53 Å². The minimum atomic E-state index is -0.0778. The number of carbonyl (C=O) groups is 1. The van der Waals surface area contributed by atoms with Crippen molar-refractivity contribution in [3.05, 3.63) is 64.2 Å². The van der Waals surface area contributed by atoms with Gasteiger partial charge in [0, 0.05) is 12.1 Å². The lowest BCUT2D eigenvalue weighted by Gasteiger charge is -2.30. The number of nitrogens with zero attached hydrogens (tertiary/aromatic N) is 1. The second-order valence-corrected chi connectivity index (χ2v) is 9.46. The fourth-order valence-corrected chi connectivity index (χ4v) is 4.41. The third-order valence-corrected chi connectivity index (χ3v) is 6.55. The van der Waals surface area contributed by atoms with Gasteiger partial charge in [-0.3, -0.25) is 9.69 Å². The highest BCUT2D eigenvalue weighted by Crippen LogP contribution is 2.32. The highest BCUT2D eigenvalue weighted by molar-refractivity contribution is 5.94. The molecule has 0 aliphatic carbocycles. The Labute approximate surface area is 188 Å². The van der Waals surface area contributed by atoms with Gasteiger partial charge in [-0.2, -0.15) is 0 Å². The van der Waals surface area contributed by atoms with Crippen LogP contribution in [0.5, 0.6) is 5.75 Å². The Bertz CT molecular complexity index is 881. The molecule has 0 spiro atoms. The summed E-state index contributed by atoms with van der Waals surface area (Å²) in [5.74, 6) is 2.07. The summed E-state index contributed by atoms with van der Waals surface area (Å²) in [5.41, 5.74) is 5.40. The molecule has 2 aromatic rings. The first kappa shape index (κ1) is 23.3. The lowest BCUT2D eigenvalue weighted by Crippen LogP contribution is -2.32. The van der Waals surface area contributed by atoms with Crippen molar-refractivity contribution in [2.24, 2.45) is 5.92 Å². The number of aryl methyl sites for hydroxylation is 1. The summed E-state index contributed by atoms with van der Waals surface area (Å²) in [7, 11) is 1.71. The van der Waals surface area contributed by atoms with E-state index in [1.54, 1.807) is 7.11 Å². The minimum absolute atomic E-state index is 0.0350. The largest absolute Gasteiger partial charge is 0.496 e. The van der Waals surface area contributed by atoms with Gasteiger partial charge in [0.05, 0.1) is 13.2 Å². The van der Waals surface area contributed by atoms with Gasteiger partial charge in [-0.25, -0.2) is 0 Å². The van der Waals surface area contributed by atoms with Crippen molar-refractivity contribution in [1.82, 2.24) is 10.2 Å². The van der Waals surface area contributed by atoms with Crippen molar-refractivity contribution in [3.8, 4) is 5.75 Å². The van der Waals surface area contributed by atoms with Gasteiger partial charge in [0.15, 0.2) is 0 Å². The zero-order chi connectivity index (χ0) is 22.5. The Kier molecular flexibility index (Phi) is 7.77. The summed E-state index contributed by atoms with van der Waals surface area (Å²) in [4.78, 5) is 15.4. The molecule has 0 unspecified atom stereocenters. The summed E-state index contributed by atoms with van der Waals surface area (Å²) in [5, 5.41) is 3.17. The van der Waals surface area contributed by atoms with Gasteiger partial charge in [-0.15, -0.1) is 0 Å². The van der Waals surface area contributed by atoms with Gasteiger partial charge >= 0.3 is 0 Å². The van der Waals surface area contributed by atoms with Crippen molar-refractivity contribution in [1.29, 1.82) is 0 Å². The number of piperidine rings is 1. The first-order valence-corrected chi connectivity index (χ1v) is 11.6.